The standard InChI is InChI=1S/C15H24N2O3/c1-13-6-4-5-7-14(13)16-15(18)12-17(8-10-19-2)9-11-20-3/h4-7H,8-12H2,1-3H3,(H,16,18). The van der Waals surface area contributed by atoms with E-state index in [0.29, 0.717) is 32.8 Å². The molecular formula is C15H24N2O3. The third kappa shape index (κ3) is 6.14. The summed E-state index contributed by atoms with van der Waals surface area (Å²) in [4.78, 5) is 14.1. The van der Waals surface area contributed by atoms with Gasteiger partial charge >= 0.3 is 0 Å². The second-order valence-corrected chi connectivity index (χ2v) is 4.62. The molecule has 20 heavy (non-hydrogen) atoms. The van der Waals surface area contributed by atoms with Gasteiger partial charge in [-0.3, -0.25) is 9.69 Å². The van der Waals surface area contributed by atoms with E-state index in [-0.39, 0.29) is 5.91 Å². The number of nitrogens with zero attached hydrogens (tertiary/aromatic N) is 1. The van der Waals surface area contributed by atoms with Crippen LogP contribution in [0.25, 0.3) is 0 Å². The van der Waals surface area contributed by atoms with Crippen molar-refractivity contribution in [3.05, 3.63) is 29.8 Å². The van der Waals surface area contributed by atoms with Crippen LogP contribution in [0.5, 0.6) is 0 Å². The molecule has 0 unspecified atom stereocenters. The number of rotatable bonds is 9. The first-order valence-electron chi connectivity index (χ1n) is 6.73. The molecule has 5 nitrogen and oxygen atoms in total. The van der Waals surface area contributed by atoms with Gasteiger partial charge in [-0.1, -0.05) is 18.2 Å². The molecule has 1 aromatic rings. The van der Waals surface area contributed by atoms with E-state index in [1.54, 1.807) is 14.2 Å². The van der Waals surface area contributed by atoms with Gasteiger partial charge in [-0.05, 0) is 18.6 Å². The average Bonchev–Trinajstić information content (AvgIpc) is 2.44. The number of aryl methyl sites for hydroxylation is 1. The monoisotopic (exact) mass is 280 g/mol. The number of ether oxygens (including phenoxy) is 2. The van der Waals surface area contributed by atoms with Crippen LogP contribution in [0.1, 0.15) is 5.56 Å². The Morgan fingerprint density at radius 3 is 2.30 bits per heavy atom. The van der Waals surface area contributed by atoms with Crippen molar-refractivity contribution < 1.29 is 14.3 Å². The minimum atomic E-state index is -0.0218. The molecule has 0 radical (unpaired) electrons. The number of carbonyl (C=O) groups excluding carboxylic acids is 1. The zero-order valence-corrected chi connectivity index (χ0v) is 12.5. The summed E-state index contributed by atoms with van der Waals surface area (Å²) in [5.74, 6) is -0.0218. The number of hydrogen-bond donors (Lipinski definition) is 1. The summed E-state index contributed by atoms with van der Waals surface area (Å²) in [6.07, 6.45) is 0. The van der Waals surface area contributed by atoms with E-state index in [4.69, 9.17) is 9.47 Å². The van der Waals surface area contributed by atoms with Crippen molar-refractivity contribution in [1.82, 2.24) is 4.90 Å². The third-order valence-electron chi connectivity index (χ3n) is 3.01. The number of benzene rings is 1. The van der Waals surface area contributed by atoms with E-state index < -0.39 is 0 Å². The maximum Gasteiger partial charge on any atom is 0.238 e. The number of hydrogen-bond acceptors (Lipinski definition) is 4. The molecule has 0 saturated heterocycles. The van der Waals surface area contributed by atoms with Crippen LogP contribution in [-0.4, -0.2) is 57.9 Å². The van der Waals surface area contributed by atoms with E-state index in [2.05, 4.69) is 5.32 Å². The van der Waals surface area contributed by atoms with Gasteiger partial charge in [-0.25, -0.2) is 0 Å². The van der Waals surface area contributed by atoms with Crippen molar-refractivity contribution >= 4 is 11.6 Å². The molecule has 1 rings (SSSR count). The molecule has 5 heteroatoms. The van der Waals surface area contributed by atoms with Crippen LogP contribution in [-0.2, 0) is 14.3 Å². The van der Waals surface area contributed by atoms with Crippen LogP contribution in [0.4, 0.5) is 5.69 Å². The molecule has 0 heterocycles. The van der Waals surface area contributed by atoms with Gasteiger partial charge in [-0.2, -0.15) is 0 Å². The van der Waals surface area contributed by atoms with Gasteiger partial charge < -0.3 is 14.8 Å². The normalized spacial score (nSPS) is 10.8. The molecule has 112 valence electrons. The fourth-order valence-corrected chi connectivity index (χ4v) is 1.82. The van der Waals surface area contributed by atoms with Gasteiger partial charge in [-0.15, -0.1) is 0 Å². The molecule has 1 N–H and O–H groups in total. The molecule has 0 bridgehead atoms. The first-order valence-corrected chi connectivity index (χ1v) is 6.73. The van der Waals surface area contributed by atoms with E-state index in [1.165, 1.54) is 0 Å². The molecule has 0 spiro atoms. The summed E-state index contributed by atoms with van der Waals surface area (Å²) >= 11 is 0. The van der Waals surface area contributed by atoms with Crippen molar-refractivity contribution in [2.24, 2.45) is 0 Å². The van der Waals surface area contributed by atoms with Gasteiger partial charge in [0, 0.05) is 33.0 Å². The minimum Gasteiger partial charge on any atom is -0.383 e. The van der Waals surface area contributed by atoms with Gasteiger partial charge in [0.15, 0.2) is 0 Å². The molecule has 0 atom stereocenters. The summed E-state index contributed by atoms with van der Waals surface area (Å²) in [6, 6.07) is 7.75. The highest BCUT2D eigenvalue weighted by molar-refractivity contribution is 5.92. The van der Waals surface area contributed by atoms with Crippen molar-refractivity contribution in [2.75, 3.05) is 52.4 Å². The smallest absolute Gasteiger partial charge is 0.238 e. The van der Waals surface area contributed by atoms with Gasteiger partial charge in [0.05, 0.1) is 19.8 Å². The number of para-hydroxylation sites is 1. The summed E-state index contributed by atoms with van der Waals surface area (Å²) in [5.41, 5.74) is 1.91. The zero-order valence-electron chi connectivity index (χ0n) is 12.5. The van der Waals surface area contributed by atoms with Gasteiger partial charge in [0.25, 0.3) is 0 Å². The van der Waals surface area contributed by atoms with Crippen molar-refractivity contribution in [3.8, 4) is 0 Å². The highest BCUT2D eigenvalue weighted by Gasteiger charge is 2.11. The SMILES string of the molecule is COCCN(CCOC)CC(=O)Nc1ccccc1C. The molecule has 0 aliphatic heterocycles. The maximum absolute atomic E-state index is 12.1. The number of amides is 1. The van der Waals surface area contributed by atoms with E-state index in [1.807, 2.05) is 36.1 Å². The Bertz CT molecular complexity index is 402. The first-order chi connectivity index (χ1) is 9.67. The molecule has 0 fully saturated rings. The second kappa shape index (κ2) is 9.47. The largest absolute Gasteiger partial charge is 0.383 e. The van der Waals surface area contributed by atoms with Crippen LogP contribution in [0.2, 0.25) is 0 Å². The lowest BCUT2D eigenvalue weighted by atomic mass is 10.2. The molecule has 0 saturated carbocycles. The quantitative estimate of drug-likeness (QED) is 0.745. The predicted octanol–water partition coefficient (Wildman–Crippen LogP) is 1.53. The first kappa shape index (κ1) is 16.6. The average molecular weight is 280 g/mol. The Labute approximate surface area is 120 Å². The fraction of sp³-hybridized carbons (Fsp3) is 0.533. The van der Waals surface area contributed by atoms with Gasteiger partial charge in [0.1, 0.15) is 0 Å². The van der Waals surface area contributed by atoms with Gasteiger partial charge in [0.2, 0.25) is 5.91 Å². The lowest BCUT2D eigenvalue weighted by molar-refractivity contribution is -0.117. The number of carbonyl (C=O) groups is 1. The van der Waals surface area contributed by atoms with E-state index >= 15 is 0 Å². The van der Waals surface area contributed by atoms with Crippen LogP contribution >= 0.6 is 0 Å². The maximum atomic E-state index is 12.1. The Morgan fingerprint density at radius 1 is 1.15 bits per heavy atom. The van der Waals surface area contributed by atoms with E-state index in [9.17, 15) is 4.79 Å². The molecule has 0 aliphatic carbocycles. The van der Waals surface area contributed by atoms with Crippen molar-refractivity contribution in [1.29, 1.82) is 0 Å². The van der Waals surface area contributed by atoms with Crippen molar-refractivity contribution in [3.63, 3.8) is 0 Å². The Hall–Kier alpha value is -1.43. The minimum absolute atomic E-state index is 0.0218. The van der Waals surface area contributed by atoms with Crippen LogP contribution in [0.3, 0.4) is 0 Å². The molecule has 0 aromatic heterocycles. The zero-order chi connectivity index (χ0) is 14.8. The molecular weight excluding hydrogens is 256 g/mol. The molecule has 1 amide bonds. The summed E-state index contributed by atoms with van der Waals surface area (Å²) in [6.45, 7) is 4.93. The highest BCUT2D eigenvalue weighted by Crippen LogP contribution is 2.12. The lowest BCUT2D eigenvalue weighted by Gasteiger charge is -2.21. The lowest BCUT2D eigenvalue weighted by Crippen LogP contribution is -2.37. The van der Waals surface area contributed by atoms with Crippen LogP contribution < -0.4 is 5.32 Å². The third-order valence-corrected chi connectivity index (χ3v) is 3.01. The second-order valence-electron chi connectivity index (χ2n) is 4.62. The van der Waals surface area contributed by atoms with Crippen LogP contribution in [0.15, 0.2) is 24.3 Å². The highest BCUT2D eigenvalue weighted by atomic mass is 16.5. The Kier molecular flexibility index (Phi) is 7.87. The summed E-state index contributed by atoms with van der Waals surface area (Å²) in [7, 11) is 3.31. The summed E-state index contributed by atoms with van der Waals surface area (Å²) in [5, 5.41) is 2.93. The fourth-order valence-electron chi connectivity index (χ4n) is 1.82. The van der Waals surface area contributed by atoms with Crippen LogP contribution in [0, 0.1) is 6.92 Å². The molecule has 0 aliphatic rings. The Morgan fingerprint density at radius 2 is 1.75 bits per heavy atom. The summed E-state index contributed by atoms with van der Waals surface area (Å²) < 4.78 is 10.1. The predicted molar refractivity (Wildman–Crippen MR) is 80.0 cm³/mol. The van der Waals surface area contributed by atoms with Crippen molar-refractivity contribution in [2.45, 2.75) is 6.92 Å². The van der Waals surface area contributed by atoms with E-state index in [0.717, 1.165) is 11.3 Å². The number of anilines is 1. The number of methoxy groups -OCH3 is 2. The Balaban J connectivity index is 2.50. The molecule has 1 aromatic carbocycles. The topological polar surface area (TPSA) is 50.8 Å². The number of nitrogens with one attached hydrogen (secondary N) is 1.